The number of benzene rings is 2. The second-order valence-electron chi connectivity index (χ2n) is 4.60. The smallest absolute Gasteiger partial charge is 0.138 e. The van der Waals surface area contributed by atoms with Crippen LogP contribution in [0.3, 0.4) is 0 Å². The Morgan fingerprint density at radius 2 is 1.95 bits per heavy atom. The van der Waals surface area contributed by atoms with Crippen LogP contribution in [0.2, 0.25) is 0 Å². The van der Waals surface area contributed by atoms with Crippen LogP contribution < -0.4 is 15.2 Å². The monoisotopic (exact) mass is 280 g/mol. The van der Waals surface area contributed by atoms with E-state index in [0.29, 0.717) is 18.0 Å². The van der Waals surface area contributed by atoms with Crippen molar-refractivity contribution in [1.29, 1.82) is 0 Å². The second kappa shape index (κ2) is 5.71. The number of fused-ring (bicyclic) bond motifs is 1. The quantitative estimate of drug-likeness (QED) is 0.734. The third-order valence-corrected chi connectivity index (χ3v) is 3.07. The molecule has 1 heterocycles. The number of anilines is 1. The molecule has 3 rings (SSSR count). The lowest BCUT2D eigenvalue weighted by Gasteiger charge is -2.10. The van der Waals surface area contributed by atoms with Crippen LogP contribution in [-0.2, 0) is 0 Å². The molecule has 2 aromatic carbocycles. The molecular weight excluding hydrogens is 264 g/mol. The number of aromatic nitrogens is 1. The van der Waals surface area contributed by atoms with Gasteiger partial charge in [0.1, 0.15) is 17.2 Å². The first-order valence-electron chi connectivity index (χ1n) is 6.81. The Labute approximate surface area is 123 Å². The normalized spacial score (nSPS) is 10.5. The fourth-order valence-electron chi connectivity index (χ4n) is 2.15. The first kappa shape index (κ1) is 13.2. The number of nitrogen functional groups attached to an aromatic ring is 1. The number of nitrogens with two attached hydrogens (primary N) is 1. The molecule has 0 aliphatic heterocycles. The summed E-state index contributed by atoms with van der Waals surface area (Å²) in [7, 11) is 0. The van der Waals surface area contributed by atoms with E-state index in [9.17, 15) is 0 Å². The van der Waals surface area contributed by atoms with Gasteiger partial charge < -0.3 is 15.2 Å². The SMILES string of the molecule is CCOc1ccc2nccc(Oc3cccc(N)c3)c2c1. The predicted octanol–water partition coefficient (Wildman–Crippen LogP) is 4.01. The Hall–Kier alpha value is -2.75. The standard InChI is InChI=1S/C17H16N2O2/c1-2-20-13-6-7-16-15(11-13)17(8-9-19-16)21-14-5-3-4-12(18)10-14/h3-11H,2,18H2,1H3. The molecule has 0 aliphatic carbocycles. The Morgan fingerprint density at radius 3 is 2.76 bits per heavy atom. The summed E-state index contributed by atoms with van der Waals surface area (Å²) in [6, 6.07) is 14.9. The maximum Gasteiger partial charge on any atom is 0.138 e. The van der Waals surface area contributed by atoms with E-state index in [1.54, 1.807) is 12.3 Å². The number of hydrogen-bond donors (Lipinski definition) is 1. The van der Waals surface area contributed by atoms with E-state index >= 15 is 0 Å². The largest absolute Gasteiger partial charge is 0.494 e. The number of ether oxygens (including phenoxy) is 2. The van der Waals surface area contributed by atoms with E-state index in [0.717, 1.165) is 22.4 Å². The molecule has 0 spiro atoms. The third kappa shape index (κ3) is 2.89. The molecule has 0 unspecified atom stereocenters. The Kier molecular flexibility index (Phi) is 3.60. The van der Waals surface area contributed by atoms with Gasteiger partial charge in [-0.2, -0.15) is 0 Å². The first-order valence-corrected chi connectivity index (χ1v) is 6.81. The van der Waals surface area contributed by atoms with Gasteiger partial charge in [-0.1, -0.05) is 6.07 Å². The van der Waals surface area contributed by atoms with Crippen molar-refractivity contribution in [1.82, 2.24) is 4.98 Å². The molecule has 4 nitrogen and oxygen atoms in total. The molecule has 0 saturated carbocycles. The van der Waals surface area contributed by atoms with Crippen LogP contribution in [0.15, 0.2) is 54.7 Å². The lowest BCUT2D eigenvalue weighted by molar-refractivity contribution is 0.340. The van der Waals surface area contributed by atoms with Crippen LogP contribution in [0, 0.1) is 0 Å². The van der Waals surface area contributed by atoms with Crippen molar-refractivity contribution >= 4 is 16.6 Å². The molecule has 3 aromatic rings. The highest BCUT2D eigenvalue weighted by molar-refractivity contribution is 5.86. The first-order chi connectivity index (χ1) is 10.3. The predicted molar refractivity (Wildman–Crippen MR) is 83.8 cm³/mol. The van der Waals surface area contributed by atoms with Crippen LogP contribution >= 0.6 is 0 Å². The minimum absolute atomic E-state index is 0.622. The lowest BCUT2D eigenvalue weighted by Crippen LogP contribution is -1.93. The van der Waals surface area contributed by atoms with Gasteiger partial charge in [0.25, 0.3) is 0 Å². The molecule has 0 amide bonds. The molecule has 0 fully saturated rings. The highest BCUT2D eigenvalue weighted by atomic mass is 16.5. The lowest BCUT2D eigenvalue weighted by atomic mass is 10.2. The van der Waals surface area contributed by atoms with E-state index in [-0.39, 0.29) is 0 Å². The Bertz CT molecular complexity index is 772. The molecule has 1 aromatic heterocycles. The van der Waals surface area contributed by atoms with E-state index in [2.05, 4.69) is 4.98 Å². The van der Waals surface area contributed by atoms with Gasteiger partial charge in [0.05, 0.1) is 12.1 Å². The summed E-state index contributed by atoms with van der Waals surface area (Å²) < 4.78 is 11.5. The molecule has 0 radical (unpaired) electrons. The van der Waals surface area contributed by atoms with Crippen LogP contribution in [0.4, 0.5) is 5.69 Å². The molecular formula is C17H16N2O2. The summed E-state index contributed by atoms with van der Waals surface area (Å²) >= 11 is 0. The van der Waals surface area contributed by atoms with Crippen LogP contribution in [-0.4, -0.2) is 11.6 Å². The average molecular weight is 280 g/mol. The van der Waals surface area contributed by atoms with Gasteiger partial charge in [0, 0.05) is 23.3 Å². The molecule has 0 atom stereocenters. The highest BCUT2D eigenvalue weighted by Crippen LogP contribution is 2.31. The van der Waals surface area contributed by atoms with Gasteiger partial charge in [-0.25, -0.2) is 0 Å². The fraction of sp³-hybridized carbons (Fsp3) is 0.118. The third-order valence-electron chi connectivity index (χ3n) is 3.07. The molecule has 0 aliphatic rings. The van der Waals surface area contributed by atoms with E-state index in [1.807, 2.05) is 49.4 Å². The van der Waals surface area contributed by atoms with Gasteiger partial charge in [-0.15, -0.1) is 0 Å². The van der Waals surface area contributed by atoms with Crippen molar-refractivity contribution in [3.05, 3.63) is 54.7 Å². The molecule has 4 heteroatoms. The molecule has 0 saturated heterocycles. The number of rotatable bonds is 4. The van der Waals surface area contributed by atoms with E-state index < -0.39 is 0 Å². The molecule has 21 heavy (non-hydrogen) atoms. The highest BCUT2D eigenvalue weighted by Gasteiger charge is 2.06. The molecule has 2 N–H and O–H groups in total. The molecule has 106 valence electrons. The maximum absolute atomic E-state index is 5.93. The summed E-state index contributed by atoms with van der Waals surface area (Å²) in [5, 5.41) is 0.908. The molecule has 0 bridgehead atoms. The average Bonchev–Trinajstić information content (AvgIpc) is 2.48. The zero-order chi connectivity index (χ0) is 14.7. The minimum Gasteiger partial charge on any atom is -0.494 e. The van der Waals surface area contributed by atoms with Crippen molar-refractivity contribution in [3.8, 4) is 17.2 Å². The van der Waals surface area contributed by atoms with Crippen LogP contribution in [0.25, 0.3) is 10.9 Å². The number of pyridine rings is 1. The minimum atomic E-state index is 0.622. The zero-order valence-electron chi connectivity index (χ0n) is 11.7. The summed E-state index contributed by atoms with van der Waals surface area (Å²) in [6.45, 7) is 2.58. The van der Waals surface area contributed by atoms with Gasteiger partial charge in [0.2, 0.25) is 0 Å². The Morgan fingerprint density at radius 1 is 1.05 bits per heavy atom. The summed E-state index contributed by atoms with van der Waals surface area (Å²) in [6.07, 6.45) is 1.73. The summed E-state index contributed by atoms with van der Waals surface area (Å²) in [4.78, 5) is 4.34. The van der Waals surface area contributed by atoms with Gasteiger partial charge >= 0.3 is 0 Å². The van der Waals surface area contributed by atoms with Crippen molar-refractivity contribution < 1.29 is 9.47 Å². The van der Waals surface area contributed by atoms with E-state index in [1.165, 1.54) is 0 Å². The van der Waals surface area contributed by atoms with Crippen LogP contribution in [0.1, 0.15) is 6.92 Å². The Balaban J connectivity index is 2.02. The summed E-state index contributed by atoms with van der Waals surface area (Å²) in [5.74, 6) is 2.23. The zero-order valence-corrected chi connectivity index (χ0v) is 11.7. The van der Waals surface area contributed by atoms with Gasteiger partial charge in [-0.3, -0.25) is 4.98 Å². The van der Waals surface area contributed by atoms with Crippen molar-refractivity contribution in [3.63, 3.8) is 0 Å². The van der Waals surface area contributed by atoms with Crippen molar-refractivity contribution in [2.75, 3.05) is 12.3 Å². The van der Waals surface area contributed by atoms with Gasteiger partial charge in [-0.05, 0) is 43.3 Å². The topological polar surface area (TPSA) is 57.4 Å². The second-order valence-corrected chi connectivity index (χ2v) is 4.60. The fourth-order valence-corrected chi connectivity index (χ4v) is 2.15. The van der Waals surface area contributed by atoms with Crippen molar-refractivity contribution in [2.45, 2.75) is 6.92 Å². The van der Waals surface area contributed by atoms with Crippen molar-refractivity contribution in [2.24, 2.45) is 0 Å². The van der Waals surface area contributed by atoms with E-state index in [4.69, 9.17) is 15.2 Å². The van der Waals surface area contributed by atoms with Gasteiger partial charge in [0.15, 0.2) is 0 Å². The number of hydrogen-bond acceptors (Lipinski definition) is 4. The maximum atomic E-state index is 5.93. The number of nitrogens with zero attached hydrogens (tertiary/aromatic N) is 1. The van der Waals surface area contributed by atoms with Crippen LogP contribution in [0.5, 0.6) is 17.2 Å². The summed E-state index contributed by atoms with van der Waals surface area (Å²) in [5.41, 5.74) is 7.30.